The quantitative estimate of drug-likeness (QED) is 0.364. The number of hydrogen-bond acceptors (Lipinski definition) is 6. The lowest BCUT2D eigenvalue weighted by atomic mass is 10.0. The average Bonchev–Trinajstić information content (AvgIpc) is 3.02. The van der Waals surface area contributed by atoms with Crippen molar-refractivity contribution in [1.29, 1.82) is 0 Å². The molecule has 0 saturated heterocycles. The number of ether oxygens (including phenoxy) is 2. The zero-order chi connectivity index (χ0) is 16.7. The fourth-order valence-electron chi connectivity index (χ4n) is 2.20. The van der Waals surface area contributed by atoms with Crippen molar-refractivity contribution in [2.75, 3.05) is 26.4 Å². The van der Waals surface area contributed by atoms with Crippen LogP contribution in [0.2, 0.25) is 0 Å². The smallest absolute Gasteiger partial charge is 0.338 e. The number of carbonyl (C=O) groups is 1. The molecule has 0 fully saturated rings. The highest BCUT2D eigenvalue weighted by Gasteiger charge is 2.28. The minimum absolute atomic E-state index is 0.168. The summed E-state index contributed by atoms with van der Waals surface area (Å²) >= 11 is 6.65. The van der Waals surface area contributed by atoms with Crippen molar-refractivity contribution in [2.45, 2.75) is 19.4 Å². The normalized spacial score (nSPS) is 17.7. The summed E-state index contributed by atoms with van der Waals surface area (Å²) in [5.41, 5.74) is 2.20. The summed E-state index contributed by atoms with van der Waals surface area (Å²) in [5, 5.41) is 19.6. The predicted octanol–water partition coefficient (Wildman–Crippen LogP) is 0.963. The van der Waals surface area contributed by atoms with E-state index in [1.54, 1.807) is 18.3 Å². The lowest BCUT2D eigenvalue weighted by Gasteiger charge is -2.28. The van der Waals surface area contributed by atoms with Crippen molar-refractivity contribution in [2.24, 2.45) is 0 Å². The van der Waals surface area contributed by atoms with Crippen LogP contribution in [0.25, 0.3) is 0 Å². The molecule has 6 nitrogen and oxygen atoms in total. The Morgan fingerprint density at radius 3 is 2.96 bits per heavy atom. The van der Waals surface area contributed by atoms with E-state index < -0.39 is 12.0 Å². The van der Waals surface area contributed by atoms with Crippen molar-refractivity contribution in [1.82, 2.24) is 10.6 Å². The van der Waals surface area contributed by atoms with E-state index in [-0.39, 0.29) is 13.2 Å². The van der Waals surface area contributed by atoms with Gasteiger partial charge in [-0.2, -0.15) is 11.3 Å². The second-order valence-corrected chi connectivity index (χ2v) is 6.19. The molecule has 0 aromatic carbocycles. The van der Waals surface area contributed by atoms with Crippen molar-refractivity contribution >= 4 is 34.6 Å². The highest BCUT2D eigenvalue weighted by atomic mass is 32.1. The monoisotopic (exact) mass is 356 g/mol. The first-order chi connectivity index (χ1) is 11.1. The van der Waals surface area contributed by atoms with E-state index in [0.29, 0.717) is 29.6 Å². The predicted molar refractivity (Wildman–Crippen MR) is 92.2 cm³/mol. The summed E-state index contributed by atoms with van der Waals surface area (Å²) in [5.74, 6) is -0.481. The highest BCUT2D eigenvalue weighted by Crippen LogP contribution is 2.13. The molecule has 8 heteroatoms. The van der Waals surface area contributed by atoms with Crippen molar-refractivity contribution in [3.8, 4) is 0 Å². The molecular weight excluding hydrogens is 336 g/mol. The zero-order valence-electron chi connectivity index (χ0n) is 12.8. The molecule has 1 aliphatic rings. The lowest BCUT2D eigenvalue weighted by molar-refractivity contribution is -0.141. The van der Waals surface area contributed by atoms with Gasteiger partial charge in [0.1, 0.15) is 6.61 Å². The molecule has 2 heterocycles. The van der Waals surface area contributed by atoms with Crippen LogP contribution < -0.4 is 10.6 Å². The van der Waals surface area contributed by atoms with Crippen LogP contribution in [0.5, 0.6) is 0 Å². The SMILES string of the molecule is CC1=C(C(=O)OCCOCCc2ccsc2)C(CO)NC(=S)N1. The maximum atomic E-state index is 12.1. The average molecular weight is 356 g/mol. The van der Waals surface area contributed by atoms with Gasteiger partial charge in [0.15, 0.2) is 5.11 Å². The van der Waals surface area contributed by atoms with E-state index in [9.17, 15) is 9.90 Å². The van der Waals surface area contributed by atoms with Gasteiger partial charge in [-0.25, -0.2) is 4.79 Å². The first-order valence-electron chi connectivity index (χ1n) is 7.27. The van der Waals surface area contributed by atoms with Crippen LogP contribution in [-0.4, -0.2) is 48.7 Å². The number of hydrogen-bond donors (Lipinski definition) is 3. The molecular formula is C15H20N2O4S2. The van der Waals surface area contributed by atoms with E-state index in [2.05, 4.69) is 22.1 Å². The molecule has 23 heavy (non-hydrogen) atoms. The van der Waals surface area contributed by atoms with E-state index in [0.717, 1.165) is 6.42 Å². The minimum Gasteiger partial charge on any atom is -0.460 e. The Kier molecular flexibility index (Phi) is 6.97. The molecule has 126 valence electrons. The number of rotatable bonds is 8. The Labute approximate surface area is 144 Å². The van der Waals surface area contributed by atoms with Crippen LogP contribution in [0.4, 0.5) is 0 Å². The molecule has 1 aliphatic heterocycles. The number of aliphatic hydroxyl groups is 1. The van der Waals surface area contributed by atoms with Gasteiger partial charge in [0.2, 0.25) is 0 Å². The first kappa shape index (κ1) is 17.9. The van der Waals surface area contributed by atoms with Gasteiger partial charge in [0.05, 0.1) is 31.4 Å². The molecule has 1 atom stereocenters. The molecule has 3 N–H and O–H groups in total. The second kappa shape index (κ2) is 8.97. The zero-order valence-corrected chi connectivity index (χ0v) is 14.5. The number of thiocarbonyl (C=S) groups is 1. The van der Waals surface area contributed by atoms with Crippen LogP contribution in [0.3, 0.4) is 0 Å². The number of esters is 1. The molecule has 1 unspecified atom stereocenters. The third-order valence-electron chi connectivity index (χ3n) is 3.34. The Bertz CT molecular complexity index is 572. The van der Waals surface area contributed by atoms with E-state index in [4.69, 9.17) is 21.7 Å². The third kappa shape index (κ3) is 5.28. The Hall–Kier alpha value is -1.48. The maximum Gasteiger partial charge on any atom is 0.338 e. The number of carbonyl (C=O) groups excluding carboxylic acids is 1. The summed E-state index contributed by atoms with van der Waals surface area (Å²) in [6, 6.07) is 1.52. The molecule has 1 aromatic rings. The van der Waals surface area contributed by atoms with Gasteiger partial charge < -0.3 is 25.2 Å². The minimum atomic E-state index is -0.546. The standard InChI is InChI=1S/C15H20N2O4S2/c1-10-13(12(8-18)17-15(22)16-10)14(19)21-6-5-20-4-2-11-3-7-23-9-11/h3,7,9,12,18H,2,4-6,8H2,1H3,(H2,16,17,22). The number of aliphatic hydroxyl groups excluding tert-OH is 1. The molecule has 1 aromatic heterocycles. The molecule has 0 bridgehead atoms. The van der Waals surface area contributed by atoms with Crippen LogP contribution in [-0.2, 0) is 20.7 Å². The largest absolute Gasteiger partial charge is 0.460 e. The third-order valence-corrected chi connectivity index (χ3v) is 4.29. The Morgan fingerprint density at radius 1 is 1.43 bits per heavy atom. The van der Waals surface area contributed by atoms with E-state index >= 15 is 0 Å². The summed E-state index contributed by atoms with van der Waals surface area (Å²) < 4.78 is 10.7. The van der Waals surface area contributed by atoms with Gasteiger partial charge in [-0.05, 0) is 48.0 Å². The lowest BCUT2D eigenvalue weighted by Crippen LogP contribution is -2.51. The molecule has 2 rings (SSSR count). The van der Waals surface area contributed by atoms with Crippen molar-refractivity contribution < 1.29 is 19.4 Å². The highest BCUT2D eigenvalue weighted by molar-refractivity contribution is 7.80. The number of thiophene rings is 1. The topological polar surface area (TPSA) is 79.8 Å². The number of nitrogens with one attached hydrogen (secondary N) is 2. The summed E-state index contributed by atoms with van der Waals surface area (Å²) in [7, 11) is 0. The van der Waals surface area contributed by atoms with Gasteiger partial charge in [-0.3, -0.25) is 0 Å². The van der Waals surface area contributed by atoms with Crippen LogP contribution >= 0.6 is 23.6 Å². The van der Waals surface area contributed by atoms with Gasteiger partial charge in [0.25, 0.3) is 0 Å². The second-order valence-electron chi connectivity index (χ2n) is 5.00. The Morgan fingerprint density at radius 2 is 2.26 bits per heavy atom. The van der Waals surface area contributed by atoms with Crippen molar-refractivity contribution in [3.05, 3.63) is 33.7 Å². The maximum absolute atomic E-state index is 12.1. The first-order valence-corrected chi connectivity index (χ1v) is 8.62. The number of allylic oxidation sites excluding steroid dienone is 1. The molecule has 0 aliphatic carbocycles. The van der Waals surface area contributed by atoms with E-state index in [1.165, 1.54) is 5.56 Å². The summed E-state index contributed by atoms with van der Waals surface area (Å²) in [6.45, 7) is 2.59. The molecule has 0 amide bonds. The van der Waals surface area contributed by atoms with E-state index in [1.807, 2.05) is 5.38 Å². The van der Waals surface area contributed by atoms with Crippen LogP contribution in [0.1, 0.15) is 12.5 Å². The van der Waals surface area contributed by atoms with Gasteiger partial charge in [0, 0.05) is 5.70 Å². The fourth-order valence-corrected chi connectivity index (χ4v) is 3.19. The van der Waals surface area contributed by atoms with Crippen LogP contribution in [0, 0.1) is 0 Å². The molecule has 0 saturated carbocycles. The van der Waals surface area contributed by atoms with Gasteiger partial charge >= 0.3 is 5.97 Å². The van der Waals surface area contributed by atoms with Crippen LogP contribution in [0.15, 0.2) is 28.1 Å². The summed E-state index contributed by atoms with van der Waals surface area (Å²) in [6.07, 6.45) is 0.847. The van der Waals surface area contributed by atoms with Crippen molar-refractivity contribution in [3.63, 3.8) is 0 Å². The Balaban J connectivity index is 1.71. The summed E-state index contributed by atoms with van der Waals surface area (Å²) in [4.78, 5) is 12.1. The fraction of sp³-hybridized carbons (Fsp3) is 0.467. The molecule has 0 radical (unpaired) electrons. The van der Waals surface area contributed by atoms with Gasteiger partial charge in [-0.1, -0.05) is 0 Å². The van der Waals surface area contributed by atoms with Gasteiger partial charge in [-0.15, -0.1) is 0 Å². The molecule has 0 spiro atoms.